The van der Waals surface area contributed by atoms with Crippen LogP contribution in [0.1, 0.15) is 35.2 Å². The van der Waals surface area contributed by atoms with Crippen LogP contribution in [0.15, 0.2) is 18.2 Å². The maximum atomic E-state index is 12.4. The van der Waals surface area contributed by atoms with Crippen LogP contribution in [0.5, 0.6) is 0 Å². The Balaban J connectivity index is 1.59. The van der Waals surface area contributed by atoms with Gasteiger partial charge in [-0.25, -0.2) is 0 Å². The molecule has 0 radical (unpaired) electrons. The van der Waals surface area contributed by atoms with Crippen molar-refractivity contribution in [1.29, 1.82) is 0 Å². The number of thioether (sulfide) groups is 1. The number of hydrogen-bond donors (Lipinski definition) is 2. The van der Waals surface area contributed by atoms with Crippen LogP contribution in [0.25, 0.3) is 0 Å². The summed E-state index contributed by atoms with van der Waals surface area (Å²) in [6, 6.07) is 5.79. The van der Waals surface area contributed by atoms with E-state index in [0.717, 1.165) is 55.2 Å². The molecule has 1 aromatic carbocycles. The van der Waals surface area contributed by atoms with Crippen molar-refractivity contribution in [1.82, 2.24) is 10.2 Å². The summed E-state index contributed by atoms with van der Waals surface area (Å²) in [6.45, 7) is 4.60. The fourth-order valence-electron chi connectivity index (χ4n) is 3.22. The number of aryl methyl sites for hydroxylation is 1. The van der Waals surface area contributed by atoms with Crippen LogP contribution in [-0.2, 0) is 4.79 Å². The van der Waals surface area contributed by atoms with Crippen molar-refractivity contribution in [2.24, 2.45) is 0 Å². The molecule has 2 N–H and O–H groups in total. The van der Waals surface area contributed by atoms with E-state index < -0.39 is 0 Å². The molecular formula is C18H25N3O2S. The fourth-order valence-corrected chi connectivity index (χ4v) is 4.16. The Kier molecular flexibility index (Phi) is 5.79. The first kappa shape index (κ1) is 17.3. The number of likely N-dealkylation sites (tertiary alicyclic amines) is 1. The van der Waals surface area contributed by atoms with Crippen LogP contribution in [0.2, 0.25) is 0 Å². The van der Waals surface area contributed by atoms with Crippen molar-refractivity contribution in [3.05, 3.63) is 29.3 Å². The normalized spacial score (nSPS) is 20.9. The van der Waals surface area contributed by atoms with E-state index in [0.29, 0.717) is 12.0 Å². The van der Waals surface area contributed by atoms with Crippen molar-refractivity contribution >= 4 is 29.3 Å². The summed E-state index contributed by atoms with van der Waals surface area (Å²) in [6.07, 6.45) is 2.67. The lowest BCUT2D eigenvalue weighted by atomic mass is 10.1. The molecule has 2 aliphatic rings. The molecule has 0 aromatic heterocycles. The molecular weight excluding hydrogens is 322 g/mol. The third kappa shape index (κ3) is 4.30. The number of nitrogens with one attached hydrogen (secondary N) is 2. The number of hydrogen-bond acceptors (Lipinski definition) is 4. The van der Waals surface area contributed by atoms with Crippen LogP contribution in [0.3, 0.4) is 0 Å². The van der Waals surface area contributed by atoms with Gasteiger partial charge < -0.3 is 15.5 Å². The van der Waals surface area contributed by atoms with E-state index in [9.17, 15) is 9.59 Å². The molecule has 0 bridgehead atoms. The van der Waals surface area contributed by atoms with Crippen LogP contribution >= 0.6 is 11.8 Å². The zero-order valence-corrected chi connectivity index (χ0v) is 15.0. The number of anilines is 1. The van der Waals surface area contributed by atoms with Gasteiger partial charge in [-0.15, -0.1) is 0 Å². The SMILES string of the molecule is Cc1cc(C(=O)N2CCCC2)ccc1NC(=O)CC1CSCCN1. The van der Waals surface area contributed by atoms with Crippen molar-refractivity contribution < 1.29 is 9.59 Å². The molecule has 1 aromatic rings. The van der Waals surface area contributed by atoms with E-state index in [-0.39, 0.29) is 17.9 Å². The number of carbonyl (C=O) groups excluding carboxylic acids is 2. The summed E-state index contributed by atoms with van der Waals surface area (Å²) < 4.78 is 0. The average Bonchev–Trinajstić information content (AvgIpc) is 3.11. The highest BCUT2D eigenvalue weighted by molar-refractivity contribution is 7.99. The zero-order valence-electron chi connectivity index (χ0n) is 14.1. The van der Waals surface area contributed by atoms with E-state index in [4.69, 9.17) is 0 Å². The lowest BCUT2D eigenvalue weighted by molar-refractivity contribution is -0.116. The molecule has 3 rings (SSSR count). The van der Waals surface area contributed by atoms with Gasteiger partial charge >= 0.3 is 0 Å². The molecule has 2 aliphatic heterocycles. The molecule has 130 valence electrons. The predicted molar refractivity (Wildman–Crippen MR) is 98.7 cm³/mol. The Morgan fingerprint density at radius 1 is 1.33 bits per heavy atom. The van der Waals surface area contributed by atoms with Crippen LogP contribution in [0, 0.1) is 6.92 Å². The first-order valence-electron chi connectivity index (χ1n) is 8.64. The topological polar surface area (TPSA) is 61.4 Å². The number of nitrogens with zero attached hydrogens (tertiary/aromatic N) is 1. The minimum Gasteiger partial charge on any atom is -0.339 e. The minimum atomic E-state index is 0.0247. The second-order valence-corrected chi connectivity index (χ2v) is 7.66. The highest BCUT2D eigenvalue weighted by Crippen LogP contribution is 2.20. The van der Waals surface area contributed by atoms with Gasteiger partial charge in [-0.1, -0.05) is 0 Å². The Morgan fingerprint density at radius 3 is 2.79 bits per heavy atom. The van der Waals surface area contributed by atoms with Crippen molar-refractivity contribution in [3.8, 4) is 0 Å². The van der Waals surface area contributed by atoms with E-state index in [1.54, 1.807) is 0 Å². The molecule has 6 heteroatoms. The molecule has 2 amide bonds. The first-order chi connectivity index (χ1) is 11.6. The van der Waals surface area contributed by atoms with Crippen molar-refractivity contribution in [2.45, 2.75) is 32.2 Å². The van der Waals surface area contributed by atoms with Gasteiger partial charge in [0.1, 0.15) is 0 Å². The summed E-state index contributed by atoms with van der Waals surface area (Å²) >= 11 is 1.89. The largest absolute Gasteiger partial charge is 0.339 e. The molecule has 2 fully saturated rings. The Hall–Kier alpha value is -1.53. The zero-order chi connectivity index (χ0) is 16.9. The van der Waals surface area contributed by atoms with Gasteiger partial charge in [0.2, 0.25) is 5.91 Å². The summed E-state index contributed by atoms with van der Waals surface area (Å²) in [4.78, 5) is 26.6. The van der Waals surface area contributed by atoms with Gasteiger partial charge in [0.05, 0.1) is 0 Å². The quantitative estimate of drug-likeness (QED) is 0.877. The Labute approximate surface area is 147 Å². The van der Waals surface area contributed by atoms with Crippen LogP contribution in [0.4, 0.5) is 5.69 Å². The number of amides is 2. The third-order valence-corrected chi connectivity index (χ3v) is 5.70. The average molecular weight is 347 g/mol. The summed E-state index contributed by atoms with van der Waals surface area (Å²) in [5.41, 5.74) is 2.43. The smallest absolute Gasteiger partial charge is 0.253 e. The third-order valence-electron chi connectivity index (χ3n) is 4.57. The minimum absolute atomic E-state index is 0.0247. The highest BCUT2D eigenvalue weighted by atomic mass is 32.2. The molecule has 5 nitrogen and oxygen atoms in total. The predicted octanol–water partition coefficient (Wildman–Crippen LogP) is 2.26. The molecule has 2 saturated heterocycles. The first-order valence-corrected chi connectivity index (χ1v) is 9.80. The summed E-state index contributed by atoms with van der Waals surface area (Å²) in [5, 5.41) is 6.35. The lowest BCUT2D eigenvalue weighted by Crippen LogP contribution is -2.39. The molecule has 0 aliphatic carbocycles. The number of rotatable bonds is 4. The van der Waals surface area contributed by atoms with Crippen molar-refractivity contribution in [2.75, 3.05) is 36.5 Å². The molecule has 1 atom stereocenters. The molecule has 0 spiro atoms. The highest BCUT2D eigenvalue weighted by Gasteiger charge is 2.20. The van der Waals surface area contributed by atoms with E-state index in [2.05, 4.69) is 10.6 Å². The van der Waals surface area contributed by atoms with Gasteiger partial charge in [0, 0.05) is 54.9 Å². The van der Waals surface area contributed by atoms with E-state index in [1.807, 2.05) is 41.8 Å². The number of carbonyl (C=O) groups is 2. The van der Waals surface area contributed by atoms with E-state index >= 15 is 0 Å². The second-order valence-electron chi connectivity index (χ2n) is 6.51. The Bertz CT molecular complexity index is 608. The van der Waals surface area contributed by atoms with Crippen LogP contribution in [-0.4, -0.2) is 53.9 Å². The van der Waals surface area contributed by atoms with E-state index in [1.165, 1.54) is 0 Å². The summed E-state index contributed by atoms with van der Waals surface area (Å²) in [5.74, 6) is 2.22. The summed E-state index contributed by atoms with van der Waals surface area (Å²) in [7, 11) is 0. The fraction of sp³-hybridized carbons (Fsp3) is 0.556. The molecule has 24 heavy (non-hydrogen) atoms. The van der Waals surface area contributed by atoms with Gasteiger partial charge in [-0.3, -0.25) is 9.59 Å². The Morgan fingerprint density at radius 2 is 2.12 bits per heavy atom. The van der Waals surface area contributed by atoms with Gasteiger partial charge in [0.15, 0.2) is 0 Å². The standard InChI is InChI=1S/C18H25N3O2S/c1-13-10-14(18(23)21-7-2-3-8-21)4-5-16(13)20-17(22)11-15-12-24-9-6-19-15/h4-5,10,15,19H,2-3,6-9,11-12H2,1H3,(H,20,22). The van der Waals surface area contributed by atoms with Gasteiger partial charge in [0.25, 0.3) is 5.91 Å². The van der Waals surface area contributed by atoms with Crippen LogP contribution < -0.4 is 10.6 Å². The molecule has 1 unspecified atom stereocenters. The lowest BCUT2D eigenvalue weighted by Gasteiger charge is -2.22. The molecule has 0 saturated carbocycles. The van der Waals surface area contributed by atoms with Gasteiger partial charge in [-0.2, -0.15) is 11.8 Å². The maximum Gasteiger partial charge on any atom is 0.253 e. The molecule has 2 heterocycles. The maximum absolute atomic E-state index is 12.4. The van der Waals surface area contributed by atoms with Crippen molar-refractivity contribution in [3.63, 3.8) is 0 Å². The van der Waals surface area contributed by atoms with Gasteiger partial charge in [-0.05, 0) is 43.5 Å². The second kappa shape index (κ2) is 8.03. The number of benzene rings is 1. The monoisotopic (exact) mass is 347 g/mol.